The number of rotatable bonds is 10. The number of hydrogen-bond donors (Lipinski definition) is 1. The molecule has 1 heterocycles. The third kappa shape index (κ3) is 8.26. The molecule has 6 nitrogen and oxygen atoms in total. The van der Waals surface area contributed by atoms with Crippen LogP contribution in [0.1, 0.15) is 90.6 Å². The van der Waals surface area contributed by atoms with Crippen LogP contribution >= 0.6 is 0 Å². The molecule has 1 aromatic heterocycles. The summed E-state index contributed by atoms with van der Waals surface area (Å²) in [5.74, 6) is 0.867. The van der Waals surface area contributed by atoms with Crippen LogP contribution in [0.4, 0.5) is 4.79 Å². The van der Waals surface area contributed by atoms with Crippen molar-refractivity contribution in [2.45, 2.75) is 91.2 Å². The number of benzene rings is 1. The van der Waals surface area contributed by atoms with Crippen LogP contribution in [-0.2, 0) is 11.2 Å². The Bertz CT molecular complexity index is 747. The van der Waals surface area contributed by atoms with Crippen molar-refractivity contribution in [1.82, 2.24) is 15.5 Å². The molecule has 6 heteroatoms. The average molecular weight is 402 g/mol. The largest absolute Gasteiger partial charge is 0.444 e. The Morgan fingerprint density at radius 1 is 1.10 bits per heavy atom. The van der Waals surface area contributed by atoms with Gasteiger partial charge in [-0.1, -0.05) is 68.4 Å². The van der Waals surface area contributed by atoms with Crippen LogP contribution in [0.3, 0.4) is 0 Å². The molecule has 0 saturated heterocycles. The van der Waals surface area contributed by atoms with Crippen LogP contribution in [0.5, 0.6) is 0 Å². The van der Waals surface area contributed by atoms with Crippen molar-refractivity contribution in [1.29, 1.82) is 0 Å². The van der Waals surface area contributed by atoms with E-state index in [1.54, 1.807) is 6.92 Å². The van der Waals surface area contributed by atoms with Gasteiger partial charge in [-0.2, -0.15) is 4.98 Å². The second-order valence-electron chi connectivity index (χ2n) is 8.54. The lowest BCUT2D eigenvalue weighted by Gasteiger charge is -2.20. The minimum Gasteiger partial charge on any atom is -0.444 e. The Morgan fingerprint density at radius 2 is 1.76 bits per heavy atom. The fraction of sp³-hybridized carbons (Fsp3) is 0.609. The molecular formula is C23H35N3O3. The van der Waals surface area contributed by atoms with Crippen LogP contribution in [0.25, 0.3) is 11.4 Å². The molecule has 1 N–H and O–H groups in total. The molecular weight excluding hydrogens is 366 g/mol. The summed E-state index contributed by atoms with van der Waals surface area (Å²) in [6, 6.07) is 7.86. The lowest BCUT2D eigenvalue weighted by molar-refractivity contribution is 0.0499. The smallest absolute Gasteiger partial charge is 0.408 e. The van der Waals surface area contributed by atoms with Crippen LogP contribution in [0.15, 0.2) is 28.8 Å². The van der Waals surface area contributed by atoms with Crippen molar-refractivity contribution in [3.63, 3.8) is 0 Å². The number of nitrogens with zero attached hydrogens (tertiary/aromatic N) is 2. The van der Waals surface area contributed by atoms with E-state index in [4.69, 9.17) is 9.26 Å². The van der Waals surface area contributed by atoms with Crippen molar-refractivity contribution < 1.29 is 14.1 Å². The first-order chi connectivity index (χ1) is 13.8. The third-order valence-corrected chi connectivity index (χ3v) is 4.58. The molecule has 0 bridgehead atoms. The minimum absolute atomic E-state index is 0.349. The summed E-state index contributed by atoms with van der Waals surface area (Å²) in [6.07, 6.45) is 8.40. The maximum atomic E-state index is 11.9. The van der Waals surface area contributed by atoms with E-state index >= 15 is 0 Å². The van der Waals surface area contributed by atoms with Crippen LogP contribution in [0, 0.1) is 0 Å². The molecule has 1 atom stereocenters. The van der Waals surface area contributed by atoms with Crippen LogP contribution < -0.4 is 5.32 Å². The zero-order chi connectivity index (χ0) is 21.3. The van der Waals surface area contributed by atoms with E-state index in [9.17, 15) is 4.79 Å². The van der Waals surface area contributed by atoms with Gasteiger partial charge in [-0.3, -0.25) is 0 Å². The number of ether oxygens (including phenoxy) is 1. The predicted molar refractivity (Wildman–Crippen MR) is 115 cm³/mol. The number of aromatic nitrogens is 2. The fourth-order valence-electron chi connectivity index (χ4n) is 3.00. The zero-order valence-electron chi connectivity index (χ0n) is 18.5. The molecule has 0 aliphatic rings. The first kappa shape index (κ1) is 22.9. The number of hydrogen-bond acceptors (Lipinski definition) is 5. The molecule has 0 aliphatic heterocycles. The highest BCUT2D eigenvalue weighted by atomic mass is 16.6. The number of alkyl carbamates (subject to hydrolysis) is 1. The second kappa shape index (κ2) is 11.0. The van der Waals surface area contributed by atoms with E-state index in [0.29, 0.717) is 11.7 Å². The highest BCUT2D eigenvalue weighted by Gasteiger charge is 2.21. The van der Waals surface area contributed by atoms with Gasteiger partial charge in [0.1, 0.15) is 11.6 Å². The standard InChI is InChI=1S/C23H35N3O3/c1-6-7-8-9-10-11-12-18-13-15-19(16-14-18)20-25-21(29-26-20)17(2)24-22(27)28-23(3,4)5/h13-17H,6-12H2,1-5H3,(H,24,27)/t17-/m0/s1. The van der Waals surface area contributed by atoms with E-state index in [-0.39, 0.29) is 0 Å². The summed E-state index contributed by atoms with van der Waals surface area (Å²) in [6.45, 7) is 9.48. The monoisotopic (exact) mass is 401 g/mol. The molecule has 0 radical (unpaired) electrons. The Balaban J connectivity index is 1.85. The quantitative estimate of drug-likeness (QED) is 0.478. The maximum absolute atomic E-state index is 11.9. The SMILES string of the molecule is CCCCCCCCc1ccc(-c2noc([C@H](C)NC(=O)OC(C)(C)C)n2)cc1. The van der Waals surface area contributed by atoms with Crippen molar-refractivity contribution in [2.75, 3.05) is 0 Å². The topological polar surface area (TPSA) is 77.2 Å². The minimum atomic E-state index is -0.555. The van der Waals surface area contributed by atoms with Crippen molar-refractivity contribution in [3.05, 3.63) is 35.7 Å². The van der Waals surface area contributed by atoms with E-state index in [1.165, 1.54) is 44.1 Å². The van der Waals surface area contributed by atoms with Crippen molar-refractivity contribution in [3.8, 4) is 11.4 Å². The first-order valence-electron chi connectivity index (χ1n) is 10.7. The maximum Gasteiger partial charge on any atom is 0.408 e. The van der Waals surface area contributed by atoms with E-state index < -0.39 is 17.7 Å². The third-order valence-electron chi connectivity index (χ3n) is 4.58. The van der Waals surface area contributed by atoms with Gasteiger partial charge >= 0.3 is 6.09 Å². The summed E-state index contributed by atoms with van der Waals surface area (Å²) < 4.78 is 10.6. The highest BCUT2D eigenvalue weighted by Crippen LogP contribution is 2.20. The molecule has 0 aliphatic carbocycles. The Morgan fingerprint density at radius 3 is 2.41 bits per heavy atom. The van der Waals surface area contributed by atoms with Gasteiger partial charge < -0.3 is 14.6 Å². The summed E-state index contributed by atoms with van der Waals surface area (Å²) >= 11 is 0. The van der Waals surface area contributed by atoms with Gasteiger partial charge in [-0.15, -0.1) is 0 Å². The summed E-state index contributed by atoms with van der Waals surface area (Å²) in [5, 5.41) is 6.76. The second-order valence-corrected chi connectivity index (χ2v) is 8.54. The van der Waals surface area contributed by atoms with Gasteiger partial charge in [0.25, 0.3) is 0 Å². The van der Waals surface area contributed by atoms with Gasteiger partial charge in [0.15, 0.2) is 0 Å². The Labute approximate surface area is 174 Å². The summed E-state index contributed by atoms with van der Waals surface area (Å²) in [5.41, 5.74) is 1.67. The fourth-order valence-corrected chi connectivity index (χ4v) is 3.00. The predicted octanol–water partition coefficient (Wildman–Crippen LogP) is 6.23. The van der Waals surface area contributed by atoms with Gasteiger partial charge in [-0.05, 0) is 46.1 Å². The van der Waals surface area contributed by atoms with E-state index in [1.807, 2.05) is 32.9 Å². The normalized spacial score (nSPS) is 12.6. The number of amides is 1. The molecule has 0 fully saturated rings. The molecule has 1 amide bonds. The molecule has 2 aromatic rings. The molecule has 0 spiro atoms. The molecule has 2 rings (SSSR count). The molecule has 160 valence electrons. The summed E-state index contributed by atoms with van der Waals surface area (Å²) in [7, 11) is 0. The van der Waals surface area contributed by atoms with Gasteiger partial charge in [0.2, 0.25) is 11.7 Å². The van der Waals surface area contributed by atoms with Crippen molar-refractivity contribution in [2.24, 2.45) is 0 Å². The molecule has 0 unspecified atom stereocenters. The molecule has 1 aromatic carbocycles. The van der Waals surface area contributed by atoms with Crippen LogP contribution in [-0.4, -0.2) is 21.8 Å². The average Bonchev–Trinajstić information content (AvgIpc) is 3.14. The summed E-state index contributed by atoms with van der Waals surface area (Å²) in [4.78, 5) is 16.3. The Hall–Kier alpha value is -2.37. The number of nitrogens with one attached hydrogen (secondary N) is 1. The van der Waals surface area contributed by atoms with Crippen molar-refractivity contribution >= 4 is 6.09 Å². The van der Waals surface area contributed by atoms with Gasteiger partial charge in [0, 0.05) is 5.56 Å². The van der Waals surface area contributed by atoms with Crippen LogP contribution in [0.2, 0.25) is 0 Å². The lowest BCUT2D eigenvalue weighted by Crippen LogP contribution is -2.34. The van der Waals surface area contributed by atoms with E-state index in [0.717, 1.165) is 12.0 Å². The number of carbonyl (C=O) groups is 1. The first-order valence-corrected chi connectivity index (χ1v) is 10.7. The van der Waals surface area contributed by atoms with E-state index in [2.05, 4.69) is 34.5 Å². The zero-order valence-corrected chi connectivity index (χ0v) is 18.5. The van der Waals surface area contributed by atoms with Gasteiger partial charge in [0.05, 0.1) is 0 Å². The highest BCUT2D eigenvalue weighted by molar-refractivity contribution is 5.68. The number of unbranched alkanes of at least 4 members (excludes halogenated alkanes) is 5. The lowest BCUT2D eigenvalue weighted by atomic mass is 10.0. The molecule has 29 heavy (non-hydrogen) atoms. The Kier molecular flexibility index (Phi) is 8.68. The number of carbonyl (C=O) groups excluding carboxylic acids is 1. The molecule has 0 saturated carbocycles. The number of aryl methyl sites for hydroxylation is 1. The van der Waals surface area contributed by atoms with Gasteiger partial charge in [-0.25, -0.2) is 4.79 Å².